The number of ether oxygens (including phenoxy) is 1. The van der Waals surface area contributed by atoms with Crippen LogP contribution in [0.4, 0.5) is 9.18 Å². The molecule has 1 aliphatic rings. The zero-order chi connectivity index (χ0) is 14.7. The summed E-state index contributed by atoms with van der Waals surface area (Å²) in [5.74, 6) is -0.463. The van der Waals surface area contributed by atoms with Gasteiger partial charge in [-0.2, -0.15) is 0 Å². The minimum atomic E-state index is -0.380. The number of benzene rings is 1. The average Bonchev–Trinajstić information content (AvgIpc) is 2.48. The fraction of sp³-hybridized carbons (Fsp3) is 0.429. The van der Waals surface area contributed by atoms with Gasteiger partial charge in [-0.15, -0.1) is 0 Å². The van der Waals surface area contributed by atoms with Gasteiger partial charge in [0.15, 0.2) is 0 Å². The minimum absolute atomic E-state index is 0.141. The summed E-state index contributed by atoms with van der Waals surface area (Å²) in [6.07, 6.45) is -0.380. The molecule has 2 rings (SSSR count). The smallest absolute Gasteiger partial charge is 0.409 e. The first kappa shape index (κ1) is 14.3. The van der Waals surface area contributed by atoms with Gasteiger partial charge in [-0.3, -0.25) is 4.79 Å². The van der Waals surface area contributed by atoms with E-state index in [2.05, 4.69) is 4.74 Å². The lowest BCUT2D eigenvalue weighted by Gasteiger charge is -2.33. The Kier molecular flexibility index (Phi) is 4.22. The van der Waals surface area contributed by atoms with Crippen molar-refractivity contribution in [1.82, 2.24) is 9.80 Å². The predicted octanol–water partition coefficient (Wildman–Crippen LogP) is 1.66. The summed E-state index contributed by atoms with van der Waals surface area (Å²) in [6.45, 7) is 3.41. The molecule has 20 heavy (non-hydrogen) atoms. The van der Waals surface area contributed by atoms with Crippen LogP contribution in [0.1, 0.15) is 15.9 Å². The van der Waals surface area contributed by atoms with E-state index >= 15 is 0 Å². The molecule has 0 N–H and O–H groups in total. The summed E-state index contributed by atoms with van der Waals surface area (Å²) in [4.78, 5) is 26.8. The molecule has 0 bridgehead atoms. The molecule has 1 aromatic carbocycles. The topological polar surface area (TPSA) is 49.9 Å². The van der Waals surface area contributed by atoms with Crippen LogP contribution in [0.3, 0.4) is 0 Å². The molecule has 108 valence electrons. The standard InChI is InChI=1S/C14H17FN2O3/c1-10-9-11(3-4-12(10)15)13(18)16-5-7-17(8-6-16)14(19)20-2/h3-4,9H,5-8H2,1-2H3. The van der Waals surface area contributed by atoms with E-state index in [9.17, 15) is 14.0 Å². The molecule has 1 aromatic rings. The highest BCUT2D eigenvalue weighted by atomic mass is 19.1. The van der Waals surface area contributed by atoms with Crippen molar-refractivity contribution in [2.75, 3.05) is 33.3 Å². The fourth-order valence-electron chi connectivity index (χ4n) is 2.18. The van der Waals surface area contributed by atoms with Gasteiger partial charge in [-0.25, -0.2) is 9.18 Å². The number of hydrogen-bond acceptors (Lipinski definition) is 3. The second-order valence-electron chi connectivity index (χ2n) is 4.71. The summed E-state index contributed by atoms with van der Waals surface area (Å²) >= 11 is 0. The maximum absolute atomic E-state index is 13.2. The molecule has 0 unspecified atom stereocenters. The molecule has 2 amide bonds. The van der Waals surface area contributed by atoms with Crippen molar-refractivity contribution < 1.29 is 18.7 Å². The lowest BCUT2D eigenvalue weighted by Crippen LogP contribution is -2.50. The molecule has 0 aromatic heterocycles. The highest BCUT2D eigenvalue weighted by molar-refractivity contribution is 5.94. The molecule has 0 spiro atoms. The summed E-state index contributed by atoms with van der Waals surface area (Å²) in [7, 11) is 1.33. The second kappa shape index (κ2) is 5.90. The number of hydrogen-bond donors (Lipinski definition) is 0. The van der Waals surface area contributed by atoms with Gasteiger partial charge in [-0.1, -0.05) is 0 Å². The predicted molar refractivity (Wildman–Crippen MR) is 71.0 cm³/mol. The van der Waals surface area contributed by atoms with Crippen molar-refractivity contribution in [2.45, 2.75) is 6.92 Å². The normalized spacial score (nSPS) is 15.2. The Balaban J connectivity index is 2.01. The molecule has 1 aliphatic heterocycles. The lowest BCUT2D eigenvalue weighted by atomic mass is 10.1. The van der Waals surface area contributed by atoms with Crippen molar-refractivity contribution in [1.29, 1.82) is 0 Å². The van der Waals surface area contributed by atoms with E-state index in [0.717, 1.165) is 0 Å². The summed E-state index contributed by atoms with van der Waals surface area (Å²) in [5, 5.41) is 0. The lowest BCUT2D eigenvalue weighted by molar-refractivity contribution is 0.0599. The maximum Gasteiger partial charge on any atom is 0.409 e. The Labute approximate surface area is 116 Å². The average molecular weight is 280 g/mol. The Bertz CT molecular complexity index is 525. The SMILES string of the molecule is COC(=O)N1CCN(C(=O)c2ccc(F)c(C)c2)CC1. The first-order chi connectivity index (χ1) is 9.52. The first-order valence-corrected chi connectivity index (χ1v) is 6.41. The number of methoxy groups -OCH3 is 1. The number of carbonyl (C=O) groups excluding carboxylic acids is 2. The van der Waals surface area contributed by atoms with Crippen molar-refractivity contribution in [3.63, 3.8) is 0 Å². The van der Waals surface area contributed by atoms with Gasteiger partial charge >= 0.3 is 6.09 Å². The van der Waals surface area contributed by atoms with Gasteiger partial charge < -0.3 is 14.5 Å². The van der Waals surface area contributed by atoms with Crippen LogP contribution in [0.25, 0.3) is 0 Å². The highest BCUT2D eigenvalue weighted by Gasteiger charge is 2.25. The van der Waals surface area contributed by atoms with Crippen LogP contribution in [0.2, 0.25) is 0 Å². The molecular weight excluding hydrogens is 263 g/mol. The van der Waals surface area contributed by atoms with E-state index in [1.807, 2.05) is 0 Å². The zero-order valence-electron chi connectivity index (χ0n) is 11.6. The van der Waals surface area contributed by atoms with Crippen molar-refractivity contribution in [3.05, 3.63) is 35.1 Å². The summed E-state index contributed by atoms with van der Waals surface area (Å²) in [6, 6.07) is 4.33. The number of nitrogens with zero attached hydrogens (tertiary/aromatic N) is 2. The third-order valence-corrected chi connectivity index (χ3v) is 3.40. The quantitative estimate of drug-likeness (QED) is 0.786. The number of halogens is 1. The zero-order valence-corrected chi connectivity index (χ0v) is 11.6. The van der Waals surface area contributed by atoms with Crippen LogP contribution in [-0.2, 0) is 4.74 Å². The van der Waals surface area contributed by atoms with Gasteiger partial charge in [0.2, 0.25) is 0 Å². The fourth-order valence-corrected chi connectivity index (χ4v) is 2.18. The van der Waals surface area contributed by atoms with Gasteiger partial charge in [-0.05, 0) is 30.7 Å². The number of rotatable bonds is 1. The third-order valence-electron chi connectivity index (χ3n) is 3.40. The number of piperazine rings is 1. The Morgan fingerprint density at radius 1 is 1.15 bits per heavy atom. The maximum atomic E-state index is 13.2. The first-order valence-electron chi connectivity index (χ1n) is 6.41. The molecule has 1 saturated heterocycles. The van der Waals surface area contributed by atoms with E-state index < -0.39 is 0 Å². The van der Waals surface area contributed by atoms with Gasteiger partial charge in [0.1, 0.15) is 5.82 Å². The molecule has 0 atom stereocenters. The van der Waals surface area contributed by atoms with Gasteiger partial charge in [0, 0.05) is 31.7 Å². The third kappa shape index (κ3) is 2.89. The van der Waals surface area contributed by atoms with Crippen molar-refractivity contribution >= 4 is 12.0 Å². The van der Waals surface area contributed by atoms with E-state index in [-0.39, 0.29) is 17.8 Å². The monoisotopic (exact) mass is 280 g/mol. The Morgan fingerprint density at radius 2 is 1.75 bits per heavy atom. The summed E-state index contributed by atoms with van der Waals surface area (Å²) < 4.78 is 17.8. The van der Waals surface area contributed by atoms with E-state index in [1.54, 1.807) is 22.8 Å². The van der Waals surface area contributed by atoms with E-state index in [4.69, 9.17) is 0 Å². The van der Waals surface area contributed by atoms with Crippen LogP contribution >= 0.6 is 0 Å². The Hall–Kier alpha value is -2.11. The van der Waals surface area contributed by atoms with Crippen LogP contribution in [-0.4, -0.2) is 55.1 Å². The highest BCUT2D eigenvalue weighted by Crippen LogP contribution is 2.13. The van der Waals surface area contributed by atoms with E-state index in [1.165, 1.54) is 19.2 Å². The largest absolute Gasteiger partial charge is 0.453 e. The molecule has 6 heteroatoms. The summed E-state index contributed by atoms with van der Waals surface area (Å²) in [5.41, 5.74) is 0.916. The number of amides is 2. The molecule has 5 nitrogen and oxygen atoms in total. The van der Waals surface area contributed by atoms with Gasteiger partial charge in [0.25, 0.3) is 5.91 Å². The van der Waals surface area contributed by atoms with E-state index in [0.29, 0.717) is 37.3 Å². The second-order valence-corrected chi connectivity index (χ2v) is 4.71. The van der Waals surface area contributed by atoms with Crippen LogP contribution in [0.15, 0.2) is 18.2 Å². The van der Waals surface area contributed by atoms with Crippen LogP contribution in [0, 0.1) is 12.7 Å². The Morgan fingerprint density at radius 3 is 2.30 bits per heavy atom. The molecule has 0 saturated carbocycles. The van der Waals surface area contributed by atoms with Crippen molar-refractivity contribution in [3.8, 4) is 0 Å². The van der Waals surface area contributed by atoms with Crippen LogP contribution in [0.5, 0.6) is 0 Å². The number of carbonyl (C=O) groups is 2. The molecule has 1 fully saturated rings. The molecule has 1 heterocycles. The molecular formula is C14H17FN2O3. The number of aryl methyl sites for hydroxylation is 1. The van der Waals surface area contributed by atoms with Gasteiger partial charge in [0.05, 0.1) is 7.11 Å². The molecule has 0 aliphatic carbocycles. The van der Waals surface area contributed by atoms with Crippen LogP contribution < -0.4 is 0 Å². The minimum Gasteiger partial charge on any atom is -0.453 e. The van der Waals surface area contributed by atoms with Crippen molar-refractivity contribution in [2.24, 2.45) is 0 Å². The molecule has 0 radical (unpaired) electrons.